The predicted octanol–water partition coefficient (Wildman–Crippen LogP) is 3.03. The molecule has 0 spiro atoms. The molecule has 0 amide bonds. The fraction of sp³-hybridized carbons (Fsp3) is 0.304. The van der Waals surface area contributed by atoms with Crippen LogP contribution in [0.15, 0.2) is 36.3 Å². The lowest BCUT2D eigenvalue weighted by atomic mass is 9.77. The normalized spacial score (nSPS) is 19.9. The van der Waals surface area contributed by atoms with Gasteiger partial charge in [0.05, 0.1) is 16.6 Å². The summed E-state index contributed by atoms with van der Waals surface area (Å²) in [6.07, 6.45) is 7.15. The van der Waals surface area contributed by atoms with Crippen LogP contribution >= 0.6 is 0 Å². The molecule has 1 aliphatic heterocycles. The SMILES string of the molecule is CNc1cc(F)cc2c1[nH]c1nc(Cc3cnc(C)nc3)nc(N3C=C4CC(N)C4C3)c12. The zero-order valence-corrected chi connectivity index (χ0v) is 17.9. The Labute approximate surface area is 183 Å². The van der Waals surface area contributed by atoms with Crippen molar-refractivity contribution in [1.29, 1.82) is 0 Å². The first-order valence-corrected chi connectivity index (χ1v) is 10.7. The van der Waals surface area contributed by atoms with Gasteiger partial charge in [0.1, 0.15) is 28.9 Å². The Morgan fingerprint density at radius 1 is 1.25 bits per heavy atom. The number of rotatable bonds is 4. The molecule has 6 rings (SSSR count). The van der Waals surface area contributed by atoms with Gasteiger partial charge in [0.2, 0.25) is 0 Å². The number of anilines is 2. The molecule has 8 nitrogen and oxygen atoms in total. The number of nitrogens with two attached hydrogens (primary N) is 1. The van der Waals surface area contributed by atoms with Crippen LogP contribution < -0.4 is 16.0 Å². The van der Waals surface area contributed by atoms with E-state index in [1.807, 2.05) is 6.92 Å². The van der Waals surface area contributed by atoms with Crippen LogP contribution in [0.25, 0.3) is 21.9 Å². The third kappa shape index (κ3) is 2.92. The maximum Gasteiger partial charge on any atom is 0.146 e. The summed E-state index contributed by atoms with van der Waals surface area (Å²) >= 11 is 0. The molecule has 1 fully saturated rings. The standard InChI is InChI=1S/C23H23FN8/c1-11-27-7-12(8-28-11)3-19-29-22-20(15-5-14(24)6-18(26-2)21(15)31-22)23(30-19)32-9-13-4-17(25)16(13)10-32/h5-9,16-17,26H,3-4,10,25H2,1-2H3,(H,29,30,31). The number of hydrogen-bond donors (Lipinski definition) is 3. The minimum Gasteiger partial charge on any atom is -0.386 e. The van der Waals surface area contributed by atoms with Gasteiger partial charge in [0, 0.05) is 56.0 Å². The Morgan fingerprint density at radius 3 is 2.78 bits per heavy atom. The van der Waals surface area contributed by atoms with Gasteiger partial charge in [0.15, 0.2) is 0 Å². The molecule has 0 bridgehead atoms. The van der Waals surface area contributed by atoms with E-state index in [-0.39, 0.29) is 11.9 Å². The van der Waals surface area contributed by atoms with Crippen LogP contribution in [0.4, 0.5) is 15.9 Å². The van der Waals surface area contributed by atoms with E-state index in [1.54, 1.807) is 25.5 Å². The van der Waals surface area contributed by atoms with Crippen LogP contribution in [-0.4, -0.2) is 44.6 Å². The summed E-state index contributed by atoms with van der Waals surface area (Å²) < 4.78 is 14.4. The molecule has 2 atom stereocenters. The minimum absolute atomic E-state index is 0.184. The zero-order valence-electron chi connectivity index (χ0n) is 17.9. The number of aryl methyl sites for hydroxylation is 1. The average Bonchev–Trinajstić information content (AvgIpc) is 3.31. The molecule has 4 heterocycles. The van der Waals surface area contributed by atoms with Gasteiger partial charge in [-0.05, 0) is 36.6 Å². The number of aromatic amines is 1. The molecule has 3 aromatic heterocycles. The summed E-state index contributed by atoms with van der Waals surface area (Å²) in [5.41, 5.74) is 10.7. The number of fused-ring (bicyclic) bond motifs is 4. The van der Waals surface area contributed by atoms with E-state index in [0.717, 1.165) is 46.5 Å². The first kappa shape index (κ1) is 19.1. The van der Waals surface area contributed by atoms with Gasteiger partial charge in [-0.15, -0.1) is 0 Å². The van der Waals surface area contributed by atoms with Gasteiger partial charge < -0.3 is 20.9 Å². The quantitative estimate of drug-likeness (QED) is 0.457. The van der Waals surface area contributed by atoms with Crippen molar-refractivity contribution in [2.24, 2.45) is 11.7 Å². The smallest absolute Gasteiger partial charge is 0.146 e. The third-order valence-corrected chi connectivity index (χ3v) is 6.47. The Kier molecular flexibility index (Phi) is 4.16. The van der Waals surface area contributed by atoms with E-state index in [1.165, 1.54) is 11.6 Å². The van der Waals surface area contributed by atoms with E-state index in [0.29, 0.717) is 29.5 Å². The van der Waals surface area contributed by atoms with Crippen LogP contribution in [0.3, 0.4) is 0 Å². The lowest BCUT2D eigenvalue weighted by Gasteiger charge is -2.32. The van der Waals surface area contributed by atoms with Crippen molar-refractivity contribution >= 4 is 33.4 Å². The summed E-state index contributed by atoms with van der Waals surface area (Å²) in [5.74, 6) is 2.18. The summed E-state index contributed by atoms with van der Waals surface area (Å²) in [4.78, 5) is 23.8. The van der Waals surface area contributed by atoms with Crippen LogP contribution in [0.5, 0.6) is 0 Å². The van der Waals surface area contributed by atoms with Crippen LogP contribution in [0, 0.1) is 18.7 Å². The monoisotopic (exact) mass is 430 g/mol. The highest BCUT2D eigenvalue weighted by Crippen LogP contribution is 2.42. The molecular weight excluding hydrogens is 407 g/mol. The number of nitrogens with one attached hydrogen (secondary N) is 2. The number of nitrogens with zero attached hydrogens (tertiary/aromatic N) is 5. The van der Waals surface area contributed by atoms with Crippen molar-refractivity contribution in [2.45, 2.75) is 25.8 Å². The summed E-state index contributed by atoms with van der Waals surface area (Å²) in [7, 11) is 1.78. The van der Waals surface area contributed by atoms with Crippen LogP contribution in [0.1, 0.15) is 23.6 Å². The van der Waals surface area contributed by atoms with Crippen molar-refractivity contribution in [3.8, 4) is 0 Å². The number of benzene rings is 1. The van der Waals surface area contributed by atoms with Crippen molar-refractivity contribution < 1.29 is 4.39 Å². The van der Waals surface area contributed by atoms with E-state index < -0.39 is 0 Å². The average molecular weight is 430 g/mol. The maximum absolute atomic E-state index is 14.4. The molecular formula is C23H23FN8. The highest BCUT2D eigenvalue weighted by atomic mass is 19.1. The third-order valence-electron chi connectivity index (χ3n) is 6.47. The summed E-state index contributed by atoms with van der Waals surface area (Å²) in [5, 5.41) is 4.64. The lowest BCUT2D eigenvalue weighted by Crippen LogP contribution is -2.42. The highest BCUT2D eigenvalue weighted by molar-refractivity contribution is 6.14. The fourth-order valence-electron chi connectivity index (χ4n) is 4.76. The van der Waals surface area contributed by atoms with Gasteiger partial charge in [0.25, 0.3) is 0 Å². The number of H-pyrrole nitrogens is 1. The topological polar surface area (TPSA) is 109 Å². The molecule has 32 heavy (non-hydrogen) atoms. The molecule has 4 aromatic rings. The Hall–Kier alpha value is -3.59. The van der Waals surface area contributed by atoms with Gasteiger partial charge in [-0.25, -0.2) is 24.3 Å². The van der Waals surface area contributed by atoms with E-state index in [4.69, 9.17) is 15.7 Å². The zero-order chi connectivity index (χ0) is 22.0. The Morgan fingerprint density at radius 2 is 2.06 bits per heavy atom. The molecule has 1 aliphatic carbocycles. The largest absolute Gasteiger partial charge is 0.386 e. The van der Waals surface area contributed by atoms with Crippen LogP contribution in [-0.2, 0) is 6.42 Å². The lowest BCUT2D eigenvalue weighted by molar-refractivity contribution is 0.396. The van der Waals surface area contributed by atoms with Crippen LogP contribution in [0.2, 0.25) is 0 Å². The molecule has 1 saturated carbocycles. The highest BCUT2D eigenvalue weighted by Gasteiger charge is 2.40. The summed E-state index contributed by atoms with van der Waals surface area (Å²) in [6.45, 7) is 2.63. The molecule has 2 unspecified atom stereocenters. The van der Waals surface area contributed by atoms with Crippen molar-refractivity contribution in [2.75, 3.05) is 23.8 Å². The van der Waals surface area contributed by atoms with E-state index >= 15 is 0 Å². The minimum atomic E-state index is -0.309. The molecule has 0 saturated heterocycles. The molecule has 0 radical (unpaired) electrons. The van der Waals surface area contributed by atoms with Gasteiger partial charge in [-0.1, -0.05) is 0 Å². The number of hydrogen-bond acceptors (Lipinski definition) is 7. The number of halogens is 1. The molecule has 162 valence electrons. The van der Waals surface area contributed by atoms with Gasteiger partial charge in [-0.3, -0.25) is 0 Å². The first-order chi connectivity index (χ1) is 15.5. The number of aromatic nitrogens is 5. The second-order valence-electron chi connectivity index (χ2n) is 8.58. The Balaban J connectivity index is 1.55. The second kappa shape index (κ2) is 6.96. The molecule has 4 N–H and O–H groups in total. The van der Waals surface area contributed by atoms with Gasteiger partial charge >= 0.3 is 0 Å². The maximum atomic E-state index is 14.4. The van der Waals surface area contributed by atoms with Crippen molar-refractivity contribution in [3.63, 3.8) is 0 Å². The fourth-order valence-corrected chi connectivity index (χ4v) is 4.76. The van der Waals surface area contributed by atoms with E-state index in [2.05, 4.69) is 31.4 Å². The summed E-state index contributed by atoms with van der Waals surface area (Å²) in [6, 6.07) is 3.20. The molecule has 1 aromatic carbocycles. The molecule has 9 heteroatoms. The first-order valence-electron chi connectivity index (χ1n) is 10.7. The van der Waals surface area contributed by atoms with Crippen molar-refractivity contribution in [3.05, 3.63) is 59.3 Å². The van der Waals surface area contributed by atoms with Crippen molar-refractivity contribution in [1.82, 2.24) is 24.9 Å². The second-order valence-corrected chi connectivity index (χ2v) is 8.58. The molecule has 2 aliphatic rings. The predicted molar refractivity (Wildman–Crippen MR) is 122 cm³/mol. The van der Waals surface area contributed by atoms with Gasteiger partial charge in [-0.2, -0.15) is 0 Å². The van der Waals surface area contributed by atoms with E-state index in [9.17, 15) is 4.39 Å². The Bertz CT molecular complexity index is 1390.